The maximum Gasteiger partial charge on any atom is 0.338 e. The molecule has 0 saturated heterocycles. The van der Waals surface area contributed by atoms with Crippen molar-refractivity contribution in [3.8, 4) is 12.3 Å². The number of hydrogen-bond donors (Lipinski definition) is 1. The van der Waals surface area contributed by atoms with Gasteiger partial charge in [-0.1, -0.05) is 5.92 Å². The molecule has 0 aromatic heterocycles. The number of nitrogens with one attached hydrogen (secondary N) is 1. The van der Waals surface area contributed by atoms with Gasteiger partial charge in [-0.15, -0.1) is 6.42 Å². The van der Waals surface area contributed by atoms with E-state index >= 15 is 0 Å². The molecule has 0 fully saturated rings. The second-order valence-corrected chi connectivity index (χ2v) is 2.24. The molecule has 0 aliphatic heterocycles. The van der Waals surface area contributed by atoms with E-state index in [2.05, 4.69) is 11.2 Å². The van der Waals surface area contributed by atoms with E-state index in [1.54, 1.807) is 20.9 Å². The van der Waals surface area contributed by atoms with E-state index in [1.165, 1.54) is 0 Å². The minimum Gasteiger partial charge on any atom is -0.464 e. The SMILES string of the molecule is C#C[C@](C)(NC)C(=O)OCC. The van der Waals surface area contributed by atoms with Crippen LogP contribution >= 0.6 is 0 Å². The summed E-state index contributed by atoms with van der Waals surface area (Å²) in [4.78, 5) is 11.1. The molecule has 0 unspecified atom stereocenters. The Kier molecular flexibility index (Phi) is 3.63. The van der Waals surface area contributed by atoms with E-state index < -0.39 is 11.5 Å². The van der Waals surface area contributed by atoms with Gasteiger partial charge in [0.25, 0.3) is 0 Å². The summed E-state index contributed by atoms with van der Waals surface area (Å²) in [7, 11) is 1.62. The van der Waals surface area contributed by atoms with Gasteiger partial charge >= 0.3 is 5.97 Å². The Morgan fingerprint density at radius 2 is 2.36 bits per heavy atom. The first-order valence-corrected chi connectivity index (χ1v) is 3.44. The predicted octanol–water partition coefficient (Wildman–Crippen LogP) is 0.161. The molecule has 0 aliphatic carbocycles. The highest BCUT2D eigenvalue weighted by atomic mass is 16.5. The second kappa shape index (κ2) is 3.99. The van der Waals surface area contributed by atoms with Crippen LogP contribution in [0.25, 0.3) is 0 Å². The topological polar surface area (TPSA) is 38.3 Å². The molecule has 0 bridgehead atoms. The van der Waals surface area contributed by atoms with E-state index in [4.69, 9.17) is 11.2 Å². The normalized spacial score (nSPS) is 14.7. The summed E-state index contributed by atoms with van der Waals surface area (Å²) in [6, 6.07) is 0. The Labute approximate surface area is 67.1 Å². The lowest BCUT2D eigenvalue weighted by atomic mass is 10.1. The largest absolute Gasteiger partial charge is 0.464 e. The Bertz CT molecular complexity index is 183. The number of hydrogen-bond acceptors (Lipinski definition) is 3. The lowest BCUT2D eigenvalue weighted by Gasteiger charge is -2.19. The molecule has 0 heterocycles. The number of rotatable bonds is 3. The van der Waals surface area contributed by atoms with Gasteiger partial charge in [-0.3, -0.25) is 5.32 Å². The van der Waals surface area contributed by atoms with Crippen molar-refractivity contribution in [2.75, 3.05) is 13.7 Å². The third kappa shape index (κ3) is 2.24. The number of ether oxygens (including phenoxy) is 1. The third-order valence-electron chi connectivity index (χ3n) is 1.47. The van der Waals surface area contributed by atoms with Crippen molar-refractivity contribution in [3.63, 3.8) is 0 Å². The van der Waals surface area contributed by atoms with Crippen molar-refractivity contribution >= 4 is 5.97 Å². The van der Waals surface area contributed by atoms with Crippen LogP contribution in [0, 0.1) is 12.3 Å². The van der Waals surface area contributed by atoms with Crippen LogP contribution in [0.15, 0.2) is 0 Å². The highest BCUT2D eigenvalue weighted by Crippen LogP contribution is 2.03. The smallest absolute Gasteiger partial charge is 0.338 e. The summed E-state index contributed by atoms with van der Waals surface area (Å²) in [5.41, 5.74) is -0.990. The second-order valence-electron chi connectivity index (χ2n) is 2.24. The molecule has 0 aliphatic rings. The van der Waals surface area contributed by atoms with Crippen LogP contribution in [0.3, 0.4) is 0 Å². The van der Waals surface area contributed by atoms with Gasteiger partial charge < -0.3 is 4.74 Å². The molecule has 0 spiro atoms. The highest BCUT2D eigenvalue weighted by Gasteiger charge is 2.29. The molecule has 0 rings (SSSR count). The number of likely N-dealkylation sites (N-methyl/N-ethyl adjacent to an activating group) is 1. The van der Waals surface area contributed by atoms with Gasteiger partial charge in [-0.25, -0.2) is 4.79 Å². The molecular weight excluding hydrogens is 142 g/mol. The Morgan fingerprint density at radius 1 is 1.82 bits per heavy atom. The molecule has 0 radical (unpaired) electrons. The Morgan fingerprint density at radius 3 is 2.64 bits per heavy atom. The fourth-order valence-electron chi connectivity index (χ4n) is 0.509. The first kappa shape index (κ1) is 9.99. The molecule has 3 heteroatoms. The summed E-state index contributed by atoms with van der Waals surface area (Å²) in [5, 5.41) is 2.70. The molecule has 1 atom stereocenters. The van der Waals surface area contributed by atoms with Gasteiger partial charge in [-0.2, -0.15) is 0 Å². The number of carbonyl (C=O) groups is 1. The average Bonchev–Trinajstić information content (AvgIpc) is 2.03. The van der Waals surface area contributed by atoms with E-state index in [0.717, 1.165) is 0 Å². The summed E-state index contributed by atoms with van der Waals surface area (Å²) in [6.07, 6.45) is 5.14. The van der Waals surface area contributed by atoms with E-state index in [0.29, 0.717) is 6.61 Å². The molecular formula is C8H13NO2. The first-order chi connectivity index (χ1) is 5.10. The standard InChI is InChI=1S/C8H13NO2/c1-5-8(3,9-4)7(10)11-6-2/h1,9H,6H2,2-4H3/t8-/m0/s1. The molecule has 0 saturated carbocycles. The third-order valence-corrected chi connectivity index (χ3v) is 1.47. The molecule has 11 heavy (non-hydrogen) atoms. The molecule has 0 aromatic rings. The van der Waals surface area contributed by atoms with Crippen LogP contribution in [-0.2, 0) is 9.53 Å². The lowest BCUT2D eigenvalue weighted by Crippen LogP contribution is -2.47. The van der Waals surface area contributed by atoms with Crippen molar-refractivity contribution in [2.45, 2.75) is 19.4 Å². The Hall–Kier alpha value is -1.01. The molecule has 0 aromatic carbocycles. The summed E-state index contributed by atoms with van der Waals surface area (Å²) < 4.78 is 4.74. The quantitative estimate of drug-likeness (QED) is 0.466. The van der Waals surface area contributed by atoms with Gasteiger partial charge in [0.15, 0.2) is 5.54 Å². The van der Waals surface area contributed by atoms with Crippen LogP contribution in [0.2, 0.25) is 0 Å². The van der Waals surface area contributed by atoms with Crippen molar-refractivity contribution in [1.29, 1.82) is 0 Å². The van der Waals surface area contributed by atoms with Crippen molar-refractivity contribution in [3.05, 3.63) is 0 Å². The molecule has 0 amide bonds. The van der Waals surface area contributed by atoms with Gasteiger partial charge in [0.05, 0.1) is 6.61 Å². The molecule has 3 nitrogen and oxygen atoms in total. The van der Waals surface area contributed by atoms with Crippen LogP contribution in [-0.4, -0.2) is 25.2 Å². The maximum absolute atomic E-state index is 11.1. The van der Waals surface area contributed by atoms with Gasteiger partial charge in [0, 0.05) is 0 Å². The van der Waals surface area contributed by atoms with Crippen molar-refractivity contribution in [1.82, 2.24) is 5.32 Å². The minimum absolute atomic E-state index is 0.345. The lowest BCUT2D eigenvalue weighted by molar-refractivity contribution is -0.147. The van der Waals surface area contributed by atoms with Crippen LogP contribution < -0.4 is 5.32 Å². The fraction of sp³-hybridized carbons (Fsp3) is 0.625. The predicted molar refractivity (Wildman–Crippen MR) is 42.9 cm³/mol. The Balaban J connectivity index is 4.28. The number of terminal acetylenes is 1. The first-order valence-electron chi connectivity index (χ1n) is 3.44. The zero-order chi connectivity index (χ0) is 8.91. The molecule has 1 N–H and O–H groups in total. The van der Waals surface area contributed by atoms with Crippen LogP contribution in [0.4, 0.5) is 0 Å². The highest BCUT2D eigenvalue weighted by molar-refractivity contribution is 5.84. The minimum atomic E-state index is -0.990. The number of carbonyl (C=O) groups excluding carboxylic acids is 1. The van der Waals surface area contributed by atoms with E-state index in [1.807, 2.05) is 0 Å². The maximum atomic E-state index is 11.1. The zero-order valence-electron chi connectivity index (χ0n) is 7.10. The fourth-order valence-corrected chi connectivity index (χ4v) is 0.509. The van der Waals surface area contributed by atoms with Gasteiger partial charge in [-0.05, 0) is 20.9 Å². The van der Waals surface area contributed by atoms with Crippen LogP contribution in [0.1, 0.15) is 13.8 Å². The van der Waals surface area contributed by atoms with Gasteiger partial charge in [0.2, 0.25) is 0 Å². The van der Waals surface area contributed by atoms with Crippen LogP contribution in [0.5, 0.6) is 0 Å². The van der Waals surface area contributed by atoms with Crippen molar-refractivity contribution < 1.29 is 9.53 Å². The van der Waals surface area contributed by atoms with Gasteiger partial charge in [0.1, 0.15) is 0 Å². The van der Waals surface area contributed by atoms with E-state index in [-0.39, 0.29) is 0 Å². The molecule has 62 valence electrons. The van der Waals surface area contributed by atoms with E-state index in [9.17, 15) is 4.79 Å². The average molecular weight is 155 g/mol. The summed E-state index contributed by atoms with van der Waals surface area (Å²) >= 11 is 0. The number of esters is 1. The summed E-state index contributed by atoms with van der Waals surface area (Å²) in [6.45, 7) is 3.69. The monoisotopic (exact) mass is 155 g/mol. The zero-order valence-corrected chi connectivity index (χ0v) is 7.10. The summed E-state index contributed by atoms with van der Waals surface area (Å²) in [5.74, 6) is 1.92. The van der Waals surface area contributed by atoms with Crippen molar-refractivity contribution in [2.24, 2.45) is 0 Å².